The van der Waals surface area contributed by atoms with E-state index in [0.717, 1.165) is 26.1 Å². The number of aromatic nitrogens is 2. The molecule has 0 aromatic carbocycles. The van der Waals surface area contributed by atoms with Gasteiger partial charge in [0.05, 0.1) is 11.5 Å². The van der Waals surface area contributed by atoms with E-state index in [9.17, 15) is 0 Å². The Morgan fingerprint density at radius 1 is 1.57 bits per heavy atom. The van der Waals surface area contributed by atoms with E-state index in [4.69, 9.17) is 18.0 Å². The average Bonchev–Trinajstić information content (AvgIpc) is 2.63. The maximum Gasteiger partial charge on any atom is 0.0740 e. The molecule has 1 heterocycles. The Kier molecular flexibility index (Phi) is 4.55. The number of hydrogen-bond acceptors (Lipinski definition) is 3. The van der Waals surface area contributed by atoms with Gasteiger partial charge in [-0.25, -0.2) is 0 Å². The lowest BCUT2D eigenvalue weighted by Gasteiger charge is -2.15. The van der Waals surface area contributed by atoms with Gasteiger partial charge in [-0.3, -0.25) is 4.68 Å². The highest BCUT2D eigenvalue weighted by atomic mass is 32.1. The first-order valence-electron chi connectivity index (χ1n) is 4.63. The molecule has 0 bridgehead atoms. The minimum atomic E-state index is 0.580. The summed E-state index contributed by atoms with van der Waals surface area (Å²) in [6, 6.07) is 1.93. The molecule has 0 aliphatic carbocycles. The van der Waals surface area contributed by atoms with Crippen LogP contribution in [0, 0.1) is 0 Å². The Morgan fingerprint density at radius 2 is 2.36 bits per heavy atom. The van der Waals surface area contributed by atoms with Crippen LogP contribution in [-0.4, -0.2) is 39.8 Å². The molecule has 1 rings (SSSR count). The second-order valence-corrected chi connectivity index (χ2v) is 3.81. The van der Waals surface area contributed by atoms with Crippen molar-refractivity contribution in [2.45, 2.75) is 13.0 Å². The van der Waals surface area contributed by atoms with Gasteiger partial charge in [0.25, 0.3) is 0 Å². The van der Waals surface area contributed by atoms with Gasteiger partial charge in [0.1, 0.15) is 0 Å². The van der Waals surface area contributed by atoms with Crippen LogP contribution in [0.1, 0.15) is 6.42 Å². The Bertz CT molecular complexity index is 270. The van der Waals surface area contributed by atoms with Crippen LogP contribution in [0.4, 0.5) is 0 Å². The van der Waals surface area contributed by atoms with Crippen LogP contribution in [0.25, 0.3) is 0 Å². The van der Waals surface area contributed by atoms with Crippen molar-refractivity contribution in [1.29, 1.82) is 0 Å². The SMILES string of the molecule is CN(CCC(N)=S)CCn1cccn1. The van der Waals surface area contributed by atoms with Crippen LogP contribution < -0.4 is 5.73 Å². The molecule has 4 nitrogen and oxygen atoms in total. The van der Waals surface area contributed by atoms with Crippen LogP contribution >= 0.6 is 12.2 Å². The van der Waals surface area contributed by atoms with Crippen LogP contribution in [0.3, 0.4) is 0 Å². The summed E-state index contributed by atoms with van der Waals surface area (Å²) < 4.78 is 1.91. The van der Waals surface area contributed by atoms with Crippen molar-refractivity contribution >= 4 is 17.2 Å². The topological polar surface area (TPSA) is 47.1 Å². The molecule has 0 aliphatic rings. The molecule has 0 unspecified atom stereocenters. The monoisotopic (exact) mass is 212 g/mol. The lowest BCUT2D eigenvalue weighted by Crippen LogP contribution is -2.27. The van der Waals surface area contributed by atoms with E-state index in [1.807, 2.05) is 16.9 Å². The van der Waals surface area contributed by atoms with Gasteiger partial charge in [-0.1, -0.05) is 12.2 Å². The molecular weight excluding hydrogens is 196 g/mol. The predicted molar refractivity (Wildman–Crippen MR) is 61.1 cm³/mol. The molecule has 78 valence electrons. The second kappa shape index (κ2) is 5.72. The number of thiocarbonyl (C=S) groups is 1. The van der Waals surface area contributed by atoms with Crippen molar-refractivity contribution in [3.05, 3.63) is 18.5 Å². The molecule has 1 aromatic rings. The molecule has 2 N–H and O–H groups in total. The first kappa shape index (κ1) is 11.1. The fourth-order valence-electron chi connectivity index (χ4n) is 1.12. The third kappa shape index (κ3) is 4.34. The summed E-state index contributed by atoms with van der Waals surface area (Å²) in [4.78, 5) is 2.77. The molecule has 0 radical (unpaired) electrons. The minimum absolute atomic E-state index is 0.580. The standard InChI is InChI=1S/C9H16N4S/c1-12(6-3-9(10)14)7-8-13-5-2-4-11-13/h2,4-5H,3,6-8H2,1H3,(H2,10,14). The summed E-state index contributed by atoms with van der Waals surface area (Å²) in [5.41, 5.74) is 5.42. The Morgan fingerprint density at radius 3 is 2.93 bits per heavy atom. The van der Waals surface area contributed by atoms with Gasteiger partial charge in [-0.05, 0) is 13.1 Å². The summed E-state index contributed by atoms with van der Waals surface area (Å²) >= 11 is 4.81. The lowest BCUT2D eigenvalue weighted by molar-refractivity contribution is 0.321. The number of hydrogen-bond donors (Lipinski definition) is 1. The van der Waals surface area contributed by atoms with Gasteiger partial charge >= 0.3 is 0 Å². The lowest BCUT2D eigenvalue weighted by atomic mass is 10.4. The van der Waals surface area contributed by atoms with Crippen molar-refractivity contribution in [2.24, 2.45) is 5.73 Å². The molecule has 0 amide bonds. The fourth-order valence-corrected chi connectivity index (χ4v) is 1.21. The van der Waals surface area contributed by atoms with E-state index in [0.29, 0.717) is 4.99 Å². The number of likely N-dealkylation sites (N-methyl/N-ethyl adjacent to an activating group) is 1. The Hall–Kier alpha value is -0.940. The molecule has 0 spiro atoms. The van der Waals surface area contributed by atoms with Crippen LogP contribution in [0.2, 0.25) is 0 Å². The van der Waals surface area contributed by atoms with E-state index in [1.165, 1.54) is 0 Å². The van der Waals surface area contributed by atoms with Gasteiger partial charge in [0.15, 0.2) is 0 Å². The molecule has 0 aliphatic heterocycles. The number of rotatable bonds is 6. The Balaban J connectivity index is 2.15. The number of nitrogens with zero attached hydrogens (tertiary/aromatic N) is 3. The first-order valence-corrected chi connectivity index (χ1v) is 5.03. The minimum Gasteiger partial charge on any atom is -0.393 e. The zero-order chi connectivity index (χ0) is 10.4. The predicted octanol–water partition coefficient (Wildman–Crippen LogP) is 0.491. The zero-order valence-corrected chi connectivity index (χ0v) is 9.20. The molecular formula is C9H16N4S. The molecule has 5 heteroatoms. The fraction of sp³-hybridized carbons (Fsp3) is 0.556. The third-order valence-electron chi connectivity index (χ3n) is 2.01. The summed E-state index contributed by atoms with van der Waals surface area (Å²) in [7, 11) is 2.06. The van der Waals surface area contributed by atoms with Crippen LogP contribution in [0.5, 0.6) is 0 Å². The molecule has 14 heavy (non-hydrogen) atoms. The van der Waals surface area contributed by atoms with E-state index in [2.05, 4.69) is 17.0 Å². The molecule has 0 atom stereocenters. The smallest absolute Gasteiger partial charge is 0.0740 e. The third-order valence-corrected chi connectivity index (χ3v) is 2.21. The highest BCUT2D eigenvalue weighted by Crippen LogP contribution is 1.90. The number of nitrogens with two attached hydrogens (primary N) is 1. The van der Waals surface area contributed by atoms with Crippen LogP contribution in [0.15, 0.2) is 18.5 Å². The molecule has 1 aromatic heterocycles. The van der Waals surface area contributed by atoms with Crippen molar-refractivity contribution in [2.75, 3.05) is 20.1 Å². The van der Waals surface area contributed by atoms with Gasteiger partial charge in [0, 0.05) is 31.9 Å². The Labute approximate surface area is 89.7 Å². The zero-order valence-electron chi connectivity index (χ0n) is 8.39. The molecule has 0 saturated heterocycles. The quantitative estimate of drug-likeness (QED) is 0.697. The summed E-state index contributed by atoms with van der Waals surface area (Å²) in [5.74, 6) is 0. The second-order valence-electron chi connectivity index (χ2n) is 3.29. The van der Waals surface area contributed by atoms with Crippen molar-refractivity contribution in [3.63, 3.8) is 0 Å². The van der Waals surface area contributed by atoms with Crippen LogP contribution in [-0.2, 0) is 6.54 Å². The normalized spacial score (nSPS) is 10.7. The van der Waals surface area contributed by atoms with Gasteiger partial charge in [-0.15, -0.1) is 0 Å². The van der Waals surface area contributed by atoms with Gasteiger partial charge in [0.2, 0.25) is 0 Å². The maximum absolute atomic E-state index is 5.42. The highest BCUT2D eigenvalue weighted by Gasteiger charge is 1.99. The highest BCUT2D eigenvalue weighted by molar-refractivity contribution is 7.80. The van der Waals surface area contributed by atoms with E-state index in [-0.39, 0.29) is 0 Å². The average molecular weight is 212 g/mol. The van der Waals surface area contributed by atoms with Crippen molar-refractivity contribution in [1.82, 2.24) is 14.7 Å². The maximum atomic E-state index is 5.42. The van der Waals surface area contributed by atoms with Crippen molar-refractivity contribution in [3.8, 4) is 0 Å². The van der Waals surface area contributed by atoms with Crippen molar-refractivity contribution < 1.29 is 0 Å². The van der Waals surface area contributed by atoms with Gasteiger partial charge in [-0.2, -0.15) is 5.10 Å². The van der Waals surface area contributed by atoms with E-state index < -0.39 is 0 Å². The molecule has 0 saturated carbocycles. The largest absolute Gasteiger partial charge is 0.393 e. The summed E-state index contributed by atoms with van der Waals surface area (Å²) in [6.07, 6.45) is 4.53. The van der Waals surface area contributed by atoms with Gasteiger partial charge < -0.3 is 10.6 Å². The van der Waals surface area contributed by atoms with E-state index >= 15 is 0 Å². The first-order chi connectivity index (χ1) is 6.68. The molecule has 0 fully saturated rings. The summed E-state index contributed by atoms with van der Waals surface area (Å²) in [6.45, 7) is 2.78. The summed E-state index contributed by atoms with van der Waals surface area (Å²) in [5, 5.41) is 4.12. The van der Waals surface area contributed by atoms with E-state index in [1.54, 1.807) is 6.20 Å².